The van der Waals surface area contributed by atoms with Gasteiger partial charge in [-0.3, -0.25) is 0 Å². The third-order valence-electron chi connectivity index (χ3n) is 7.38. The predicted molar refractivity (Wildman–Crippen MR) is 149 cm³/mol. The molecule has 8 heteroatoms. The first kappa shape index (κ1) is 25.7. The van der Waals surface area contributed by atoms with Crippen LogP contribution in [0.25, 0.3) is 21.9 Å². The van der Waals surface area contributed by atoms with Gasteiger partial charge < -0.3 is 24.3 Å². The Bertz CT molecular complexity index is 1500. The molecule has 3 aromatic carbocycles. The third kappa shape index (κ3) is 4.27. The number of rotatable bonds is 7. The number of hydrogen-bond donors (Lipinski definition) is 1. The van der Waals surface area contributed by atoms with Crippen molar-refractivity contribution in [3.63, 3.8) is 0 Å². The minimum Gasteiger partial charge on any atom is -0.495 e. The smallest absolute Gasteiger partial charge is 0.342 e. The van der Waals surface area contributed by atoms with Gasteiger partial charge in [-0.15, -0.1) is 12.4 Å². The highest BCUT2D eigenvalue weighted by Crippen LogP contribution is 2.47. The fourth-order valence-corrected chi connectivity index (χ4v) is 5.63. The maximum atomic E-state index is 12.7. The van der Waals surface area contributed by atoms with Crippen LogP contribution in [-0.2, 0) is 24.2 Å². The highest BCUT2D eigenvalue weighted by Gasteiger charge is 2.32. The van der Waals surface area contributed by atoms with Gasteiger partial charge in [-0.05, 0) is 65.1 Å². The van der Waals surface area contributed by atoms with E-state index in [0.717, 1.165) is 52.7 Å². The molecule has 7 nitrogen and oxygen atoms in total. The van der Waals surface area contributed by atoms with E-state index >= 15 is 0 Å². The molecule has 196 valence electrons. The SMILES string of the molecule is COc1cc2c(OC)c3c(c(-c4ccc(NCC5Cc6ccccc6C5)nc4)c2cc1OC)COC3=O.Cl. The van der Waals surface area contributed by atoms with Gasteiger partial charge >= 0.3 is 5.97 Å². The van der Waals surface area contributed by atoms with E-state index in [-0.39, 0.29) is 19.0 Å². The molecule has 0 atom stereocenters. The molecule has 1 N–H and O–H groups in total. The van der Waals surface area contributed by atoms with Crippen LogP contribution < -0.4 is 19.5 Å². The number of benzene rings is 3. The van der Waals surface area contributed by atoms with Crippen molar-refractivity contribution >= 4 is 35.0 Å². The van der Waals surface area contributed by atoms with Gasteiger partial charge in [0.15, 0.2) is 11.5 Å². The number of carbonyl (C=O) groups is 1. The van der Waals surface area contributed by atoms with Crippen molar-refractivity contribution in [1.29, 1.82) is 0 Å². The largest absolute Gasteiger partial charge is 0.495 e. The third-order valence-corrected chi connectivity index (χ3v) is 7.38. The average Bonchev–Trinajstić information content (AvgIpc) is 3.53. The summed E-state index contributed by atoms with van der Waals surface area (Å²) < 4.78 is 22.3. The lowest BCUT2D eigenvalue weighted by molar-refractivity contribution is 0.0533. The Hall–Kier alpha value is -3.97. The number of pyridine rings is 1. The second kappa shape index (κ2) is 10.4. The summed E-state index contributed by atoms with van der Waals surface area (Å²) in [6.45, 7) is 1.04. The number of nitrogens with one attached hydrogen (secondary N) is 1. The van der Waals surface area contributed by atoms with E-state index < -0.39 is 5.97 Å². The van der Waals surface area contributed by atoms with E-state index in [2.05, 4.69) is 29.6 Å². The Morgan fingerprint density at radius 1 is 0.921 bits per heavy atom. The van der Waals surface area contributed by atoms with E-state index in [1.54, 1.807) is 21.3 Å². The number of methoxy groups -OCH3 is 3. The van der Waals surface area contributed by atoms with Crippen LogP contribution in [0.3, 0.4) is 0 Å². The standard InChI is InChI=1S/C30H28N2O5.ClH/c1-34-24-12-21-22(13-25(24)35-2)29(36-3)28-23(16-37-30(28)33)27(21)20-8-9-26(32-15-20)31-14-17-10-18-6-4-5-7-19(18)11-17;/h4-9,12-13,15,17H,10-11,14,16H2,1-3H3,(H,31,32);1H. The van der Waals surface area contributed by atoms with Gasteiger partial charge in [0.25, 0.3) is 0 Å². The highest BCUT2D eigenvalue weighted by atomic mass is 35.5. The van der Waals surface area contributed by atoms with E-state index in [1.807, 2.05) is 30.5 Å². The summed E-state index contributed by atoms with van der Waals surface area (Å²) in [6, 6.07) is 16.4. The first-order valence-electron chi connectivity index (χ1n) is 12.3. The van der Waals surface area contributed by atoms with Crippen LogP contribution >= 0.6 is 12.4 Å². The molecule has 4 aromatic rings. The molecule has 0 amide bonds. The number of halogens is 1. The fraction of sp³-hybridized carbons (Fsp3) is 0.267. The van der Waals surface area contributed by atoms with Crippen molar-refractivity contribution < 1.29 is 23.7 Å². The Labute approximate surface area is 227 Å². The van der Waals surface area contributed by atoms with E-state index in [1.165, 1.54) is 11.1 Å². The molecule has 0 fully saturated rings. The molecule has 0 unspecified atom stereocenters. The summed E-state index contributed by atoms with van der Waals surface area (Å²) in [5.41, 5.74) is 5.88. The molecule has 0 bridgehead atoms. The van der Waals surface area contributed by atoms with E-state index in [4.69, 9.17) is 23.9 Å². The molecule has 0 saturated heterocycles. The number of esters is 1. The van der Waals surface area contributed by atoms with Crippen molar-refractivity contribution in [3.05, 3.63) is 77.0 Å². The molecule has 1 aromatic heterocycles. The monoisotopic (exact) mass is 532 g/mol. The lowest BCUT2D eigenvalue weighted by Gasteiger charge is -2.18. The average molecular weight is 533 g/mol. The molecular weight excluding hydrogens is 504 g/mol. The van der Waals surface area contributed by atoms with Crippen LogP contribution in [0.15, 0.2) is 54.7 Å². The summed E-state index contributed by atoms with van der Waals surface area (Å²) in [6.07, 6.45) is 4.02. The lowest BCUT2D eigenvalue weighted by Crippen LogP contribution is -2.15. The first-order valence-corrected chi connectivity index (χ1v) is 12.3. The maximum absolute atomic E-state index is 12.7. The quantitative estimate of drug-likeness (QED) is 0.299. The van der Waals surface area contributed by atoms with Gasteiger partial charge in [-0.25, -0.2) is 9.78 Å². The van der Waals surface area contributed by atoms with Gasteiger partial charge in [0.1, 0.15) is 23.7 Å². The summed E-state index contributed by atoms with van der Waals surface area (Å²) in [5.74, 6) is 2.60. The van der Waals surface area contributed by atoms with Crippen LogP contribution in [0.2, 0.25) is 0 Å². The zero-order valence-electron chi connectivity index (χ0n) is 21.5. The van der Waals surface area contributed by atoms with Crippen molar-refractivity contribution in [2.45, 2.75) is 19.4 Å². The zero-order chi connectivity index (χ0) is 25.5. The van der Waals surface area contributed by atoms with Crippen LogP contribution in [-0.4, -0.2) is 38.8 Å². The molecule has 0 saturated carbocycles. The van der Waals surface area contributed by atoms with Gasteiger partial charge in [0.05, 0.1) is 21.3 Å². The first-order chi connectivity index (χ1) is 18.1. The number of aromatic nitrogens is 1. The van der Waals surface area contributed by atoms with Crippen LogP contribution in [0.4, 0.5) is 5.82 Å². The van der Waals surface area contributed by atoms with Gasteiger partial charge in [0.2, 0.25) is 0 Å². The Morgan fingerprint density at radius 3 is 2.21 bits per heavy atom. The summed E-state index contributed by atoms with van der Waals surface area (Å²) in [4.78, 5) is 17.4. The molecule has 1 aliphatic carbocycles. The van der Waals surface area contributed by atoms with Crippen LogP contribution in [0.5, 0.6) is 17.2 Å². The molecular formula is C30H29ClN2O5. The minimum absolute atomic E-state index is 0. The van der Waals surface area contributed by atoms with Gasteiger partial charge in [-0.1, -0.05) is 24.3 Å². The zero-order valence-corrected chi connectivity index (χ0v) is 22.3. The molecule has 0 radical (unpaired) electrons. The Kier molecular flexibility index (Phi) is 7.04. The summed E-state index contributed by atoms with van der Waals surface area (Å²) in [7, 11) is 4.74. The number of hydrogen-bond acceptors (Lipinski definition) is 7. The van der Waals surface area contributed by atoms with Crippen molar-refractivity contribution in [2.75, 3.05) is 33.2 Å². The fourth-order valence-electron chi connectivity index (χ4n) is 5.63. The molecule has 38 heavy (non-hydrogen) atoms. The normalized spacial score (nSPS) is 13.9. The molecule has 2 heterocycles. The topological polar surface area (TPSA) is 78.9 Å². The lowest BCUT2D eigenvalue weighted by atomic mass is 9.90. The van der Waals surface area contributed by atoms with E-state index in [9.17, 15) is 4.79 Å². The van der Waals surface area contributed by atoms with Crippen LogP contribution in [0, 0.1) is 5.92 Å². The van der Waals surface area contributed by atoms with Gasteiger partial charge in [0, 0.05) is 29.3 Å². The Morgan fingerprint density at radius 2 is 1.61 bits per heavy atom. The molecule has 1 aliphatic heterocycles. The maximum Gasteiger partial charge on any atom is 0.342 e. The van der Waals surface area contributed by atoms with Gasteiger partial charge in [-0.2, -0.15) is 0 Å². The summed E-state index contributed by atoms with van der Waals surface area (Å²) >= 11 is 0. The number of nitrogens with zero attached hydrogens (tertiary/aromatic N) is 1. The van der Waals surface area contributed by atoms with Crippen molar-refractivity contribution in [3.8, 4) is 28.4 Å². The second-order valence-corrected chi connectivity index (χ2v) is 9.45. The van der Waals surface area contributed by atoms with Crippen molar-refractivity contribution in [2.24, 2.45) is 5.92 Å². The number of fused-ring (bicyclic) bond motifs is 3. The van der Waals surface area contributed by atoms with Crippen molar-refractivity contribution in [1.82, 2.24) is 4.98 Å². The molecule has 2 aliphatic rings. The Balaban J connectivity index is 0.00000294. The molecule has 6 rings (SSSR count). The molecule has 0 spiro atoms. The summed E-state index contributed by atoms with van der Waals surface area (Å²) in [5, 5.41) is 5.12. The second-order valence-electron chi connectivity index (χ2n) is 9.45. The van der Waals surface area contributed by atoms with Crippen LogP contribution in [0.1, 0.15) is 27.0 Å². The number of cyclic esters (lactones) is 1. The van der Waals surface area contributed by atoms with E-state index in [0.29, 0.717) is 28.7 Å². The minimum atomic E-state index is -0.395. The predicted octanol–water partition coefficient (Wildman–Crippen LogP) is 5.85. The number of anilines is 1. The highest BCUT2D eigenvalue weighted by molar-refractivity contribution is 6.12. The number of carbonyl (C=O) groups excluding carboxylic acids is 1. The number of ether oxygens (including phenoxy) is 4.